The van der Waals surface area contributed by atoms with Gasteiger partial charge >= 0.3 is 0 Å². The van der Waals surface area contributed by atoms with Gasteiger partial charge in [-0.05, 0) is 24.3 Å². The maximum Gasteiger partial charge on any atom is 0.102 e. The van der Waals surface area contributed by atoms with Crippen molar-refractivity contribution in [2.75, 3.05) is 0 Å². The smallest absolute Gasteiger partial charge is 0.102 e. The molecule has 0 aliphatic rings. The van der Waals surface area contributed by atoms with Gasteiger partial charge in [-0.3, -0.25) is 0 Å². The van der Waals surface area contributed by atoms with Crippen molar-refractivity contribution < 1.29 is 4.74 Å². The Labute approximate surface area is 166 Å². The maximum absolute atomic E-state index is 6.37. The standard InChI is InChI=1S/C18H14Cl4N2O/c19-12-4-5-13(17(22)8-12)18(9-24-7-6-23-11-24)25-10-14-15(20)2-1-3-16(14)21/h1-8,11,18H,9-10H2/t18-/m0/s1. The molecule has 0 saturated heterocycles. The molecule has 0 bridgehead atoms. The van der Waals surface area contributed by atoms with Gasteiger partial charge in [0.1, 0.15) is 6.10 Å². The van der Waals surface area contributed by atoms with Gasteiger partial charge in [0.05, 0.1) is 19.5 Å². The lowest BCUT2D eigenvalue weighted by Gasteiger charge is -2.21. The number of hydrogen-bond donors (Lipinski definition) is 0. The number of imidazole rings is 1. The highest BCUT2D eigenvalue weighted by molar-refractivity contribution is 6.36. The molecule has 130 valence electrons. The van der Waals surface area contributed by atoms with Crippen LogP contribution >= 0.6 is 46.4 Å². The van der Waals surface area contributed by atoms with E-state index in [0.29, 0.717) is 26.6 Å². The molecule has 0 N–H and O–H groups in total. The molecule has 7 heteroatoms. The van der Waals surface area contributed by atoms with Gasteiger partial charge in [0.15, 0.2) is 0 Å². The summed E-state index contributed by atoms with van der Waals surface area (Å²) in [5, 5.41) is 2.25. The molecule has 1 atom stereocenters. The topological polar surface area (TPSA) is 27.1 Å². The zero-order chi connectivity index (χ0) is 17.8. The Morgan fingerprint density at radius 2 is 1.76 bits per heavy atom. The third-order valence-electron chi connectivity index (χ3n) is 3.74. The molecule has 0 fully saturated rings. The minimum atomic E-state index is -0.314. The van der Waals surface area contributed by atoms with Crippen LogP contribution in [0.2, 0.25) is 20.1 Å². The molecule has 3 nitrogen and oxygen atoms in total. The second kappa shape index (κ2) is 8.43. The first-order valence-electron chi connectivity index (χ1n) is 7.50. The fraction of sp³-hybridized carbons (Fsp3) is 0.167. The van der Waals surface area contributed by atoms with Crippen LogP contribution in [-0.2, 0) is 17.9 Å². The number of halogens is 4. The van der Waals surface area contributed by atoms with Crippen LogP contribution in [0.1, 0.15) is 17.2 Å². The molecule has 25 heavy (non-hydrogen) atoms. The Bertz CT molecular complexity index is 832. The second-order valence-corrected chi connectivity index (χ2v) is 7.08. The summed E-state index contributed by atoms with van der Waals surface area (Å²) < 4.78 is 8.05. The van der Waals surface area contributed by atoms with Crippen molar-refractivity contribution in [3.63, 3.8) is 0 Å². The van der Waals surface area contributed by atoms with E-state index in [-0.39, 0.29) is 12.7 Å². The molecular weight excluding hydrogens is 402 g/mol. The van der Waals surface area contributed by atoms with Crippen LogP contribution in [0.15, 0.2) is 55.1 Å². The van der Waals surface area contributed by atoms with E-state index in [1.807, 2.05) is 16.8 Å². The van der Waals surface area contributed by atoms with E-state index < -0.39 is 0 Å². The first-order chi connectivity index (χ1) is 12.0. The monoisotopic (exact) mass is 414 g/mol. The first-order valence-corrected chi connectivity index (χ1v) is 9.01. The quantitative estimate of drug-likeness (QED) is 0.462. The molecular formula is C18H14Cl4N2O. The maximum atomic E-state index is 6.37. The zero-order valence-corrected chi connectivity index (χ0v) is 16.0. The van der Waals surface area contributed by atoms with Crippen molar-refractivity contribution in [3.8, 4) is 0 Å². The van der Waals surface area contributed by atoms with Gasteiger partial charge in [-0.15, -0.1) is 0 Å². The normalized spacial score (nSPS) is 12.3. The summed E-state index contributed by atoms with van der Waals surface area (Å²) in [4.78, 5) is 4.06. The number of rotatable bonds is 6. The van der Waals surface area contributed by atoms with E-state index in [2.05, 4.69) is 4.98 Å². The van der Waals surface area contributed by atoms with Crippen LogP contribution in [-0.4, -0.2) is 9.55 Å². The molecule has 0 spiro atoms. The summed E-state index contributed by atoms with van der Waals surface area (Å²) in [6.07, 6.45) is 4.99. The Kier molecular flexibility index (Phi) is 6.26. The van der Waals surface area contributed by atoms with Crippen LogP contribution in [0.25, 0.3) is 0 Å². The van der Waals surface area contributed by atoms with E-state index in [0.717, 1.165) is 11.1 Å². The average molecular weight is 416 g/mol. The number of aromatic nitrogens is 2. The largest absolute Gasteiger partial charge is 0.367 e. The Morgan fingerprint density at radius 1 is 1.00 bits per heavy atom. The summed E-state index contributed by atoms with van der Waals surface area (Å²) >= 11 is 24.8. The van der Waals surface area contributed by atoms with Crippen LogP contribution < -0.4 is 0 Å². The van der Waals surface area contributed by atoms with Crippen molar-refractivity contribution in [2.45, 2.75) is 19.3 Å². The fourth-order valence-electron chi connectivity index (χ4n) is 2.44. The van der Waals surface area contributed by atoms with Crippen molar-refractivity contribution in [3.05, 3.63) is 86.3 Å². The number of benzene rings is 2. The summed E-state index contributed by atoms with van der Waals surface area (Å²) in [5.74, 6) is 0. The molecule has 0 saturated carbocycles. The van der Waals surface area contributed by atoms with Gasteiger partial charge in [0.25, 0.3) is 0 Å². The molecule has 1 heterocycles. The Morgan fingerprint density at radius 3 is 2.40 bits per heavy atom. The summed E-state index contributed by atoms with van der Waals surface area (Å²) in [6.45, 7) is 0.806. The Balaban J connectivity index is 1.86. The van der Waals surface area contributed by atoms with Crippen molar-refractivity contribution in [1.82, 2.24) is 9.55 Å². The molecule has 0 aliphatic carbocycles. The van der Waals surface area contributed by atoms with Crippen molar-refractivity contribution >= 4 is 46.4 Å². The second-order valence-electron chi connectivity index (χ2n) is 5.43. The average Bonchev–Trinajstić information content (AvgIpc) is 3.06. The van der Waals surface area contributed by atoms with Gasteiger partial charge < -0.3 is 9.30 Å². The SMILES string of the molecule is Clc1ccc([C@H](Cn2ccnc2)OCc2c(Cl)cccc2Cl)c(Cl)c1. The lowest BCUT2D eigenvalue weighted by Crippen LogP contribution is -2.13. The molecule has 3 rings (SSSR count). The van der Waals surface area contributed by atoms with Gasteiger partial charge in [-0.1, -0.05) is 58.5 Å². The fourth-order valence-corrected chi connectivity index (χ4v) is 3.48. The van der Waals surface area contributed by atoms with E-state index in [9.17, 15) is 0 Å². The number of nitrogens with zero attached hydrogens (tertiary/aromatic N) is 2. The van der Waals surface area contributed by atoms with Gasteiger partial charge in [-0.2, -0.15) is 0 Å². The van der Waals surface area contributed by atoms with Crippen molar-refractivity contribution in [1.29, 1.82) is 0 Å². The third-order valence-corrected chi connectivity index (χ3v) is 5.01. The van der Waals surface area contributed by atoms with E-state index in [1.54, 1.807) is 42.9 Å². The molecule has 0 unspecified atom stereocenters. The lowest BCUT2D eigenvalue weighted by molar-refractivity contribution is 0.0281. The third kappa shape index (κ3) is 4.69. The van der Waals surface area contributed by atoms with Crippen LogP contribution in [0.5, 0.6) is 0 Å². The van der Waals surface area contributed by atoms with E-state index >= 15 is 0 Å². The zero-order valence-electron chi connectivity index (χ0n) is 13.0. The molecule has 1 aromatic heterocycles. The highest BCUT2D eigenvalue weighted by Gasteiger charge is 2.18. The van der Waals surface area contributed by atoms with Gasteiger partial charge in [-0.25, -0.2) is 4.98 Å². The minimum absolute atomic E-state index is 0.261. The lowest BCUT2D eigenvalue weighted by atomic mass is 10.1. The predicted octanol–water partition coefficient (Wildman–Crippen LogP) is 6.45. The minimum Gasteiger partial charge on any atom is -0.367 e. The summed E-state index contributed by atoms with van der Waals surface area (Å²) in [7, 11) is 0. The molecule has 2 aromatic carbocycles. The summed E-state index contributed by atoms with van der Waals surface area (Å²) in [5.41, 5.74) is 1.58. The van der Waals surface area contributed by atoms with Gasteiger partial charge in [0, 0.05) is 43.6 Å². The summed E-state index contributed by atoms with van der Waals surface area (Å²) in [6, 6.07) is 10.7. The van der Waals surface area contributed by atoms with Crippen LogP contribution in [0.3, 0.4) is 0 Å². The molecule has 0 radical (unpaired) electrons. The highest BCUT2D eigenvalue weighted by atomic mass is 35.5. The van der Waals surface area contributed by atoms with Crippen LogP contribution in [0.4, 0.5) is 0 Å². The Hall–Kier alpha value is -1.23. The highest BCUT2D eigenvalue weighted by Crippen LogP contribution is 2.32. The number of ether oxygens (including phenoxy) is 1. The van der Waals surface area contributed by atoms with E-state index in [1.165, 1.54) is 0 Å². The molecule has 0 aliphatic heterocycles. The first kappa shape index (κ1) is 18.6. The molecule has 3 aromatic rings. The molecule has 0 amide bonds. The predicted molar refractivity (Wildman–Crippen MR) is 103 cm³/mol. The van der Waals surface area contributed by atoms with Gasteiger partial charge in [0.2, 0.25) is 0 Å². The van der Waals surface area contributed by atoms with E-state index in [4.69, 9.17) is 51.1 Å². The van der Waals surface area contributed by atoms with Crippen molar-refractivity contribution in [2.24, 2.45) is 0 Å². The number of hydrogen-bond acceptors (Lipinski definition) is 2. The van der Waals surface area contributed by atoms with Crippen LogP contribution in [0, 0.1) is 0 Å².